The van der Waals surface area contributed by atoms with Crippen molar-refractivity contribution in [2.75, 3.05) is 18.5 Å². The molecule has 0 radical (unpaired) electrons. The van der Waals surface area contributed by atoms with Crippen molar-refractivity contribution < 1.29 is 14.3 Å². The Labute approximate surface area is 185 Å². The van der Waals surface area contributed by atoms with E-state index in [0.717, 1.165) is 12.8 Å². The minimum Gasteiger partial charge on any atom is -0.493 e. The summed E-state index contributed by atoms with van der Waals surface area (Å²) in [5.41, 5.74) is 1.17. The summed E-state index contributed by atoms with van der Waals surface area (Å²) in [6.07, 6.45) is 4.46. The SMILES string of the molecule is CCCCCCOc1ccccc1C(=O)NC(=S)Nc1ccccc1OCC(C)C. The molecule has 0 spiro atoms. The van der Waals surface area contributed by atoms with E-state index < -0.39 is 0 Å². The van der Waals surface area contributed by atoms with Gasteiger partial charge in [-0.3, -0.25) is 10.1 Å². The number of ether oxygens (including phenoxy) is 2. The molecule has 0 atom stereocenters. The molecule has 0 aromatic heterocycles. The van der Waals surface area contributed by atoms with E-state index in [0.29, 0.717) is 41.9 Å². The van der Waals surface area contributed by atoms with E-state index in [-0.39, 0.29) is 11.0 Å². The number of amides is 1. The molecule has 0 unspecified atom stereocenters. The predicted octanol–water partition coefficient (Wildman–Crippen LogP) is 5.81. The number of unbranched alkanes of at least 4 members (excludes halogenated alkanes) is 3. The monoisotopic (exact) mass is 428 g/mol. The first-order valence-corrected chi connectivity index (χ1v) is 11.0. The van der Waals surface area contributed by atoms with Crippen LogP contribution in [0.3, 0.4) is 0 Å². The molecule has 0 saturated heterocycles. The molecular weight excluding hydrogens is 396 g/mol. The number of nitrogens with one attached hydrogen (secondary N) is 2. The van der Waals surface area contributed by atoms with Crippen molar-refractivity contribution >= 4 is 28.9 Å². The molecular formula is C24H32N2O3S. The van der Waals surface area contributed by atoms with Crippen LogP contribution in [0.25, 0.3) is 0 Å². The number of rotatable bonds is 11. The summed E-state index contributed by atoms with van der Waals surface area (Å²) in [5.74, 6) is 1.36. The highest BCUT2D eigenvalue weighted by Gasteiger charge is 2.14. The fourth-order valence-corrected chi connectivity index (χ4v) is 2.97. The van der Waals surface area contributed by atoms with Gasteiger partial charge in [0, 0.05) is 0 Å². The molecule has 2 aromatic rings. The first-order chi connectivity index (χ1) is 14.5. The number of hydrogen-bond acceptors (Lipinski definition) is 4. The van der Waals surface area contributed by atoms with Crippen LogP contribution in [0.2, 0.25) is 0 Å². The summed E-state index contributed by atoms with van der Waals surface area (Å²) in [6, 6.07) is 14.7. The second-order valence-electron chi connectivity index (χ2n) is 7.51. The molecule has 0 heterocycles. The van der Waals surface area contributed by atoms with Crippen LogP contribution in [-0.4, -0.2) is 24.2 Å². The van der Waals surface area contributed by atoms with Crippen LogP contribution in [-0.2, 0) is 0 Å². The number of thiocarbonyl (C=S) groups is 1. The second kappa shape index (κ2) is 12.9. The molecule has 2 rings (SSSR count). The van der Waals surface area contributed by atoms with E-state index in [1.54, 1.807) is 12.1 Å². The lowest BCUT2D eigenvalue weighted by atomic mass is 10.2. The summed E-state index contributed by atoms with van der Waals surface area (Å²) in [6.45, 7) is 7.54. The Hall–Kier alpha value is -2.60. The highest BCUT2D eigenvalue weighted by atomic mass is 32.1. The fourth-order valence-electron chi connectivity index (χ4n) is 2.77. The molecule has 0 aliphatic carbocycles. The van der Waals surface area contributed by atoms with E-state index in [1.165, 1.54) is 12.8 Å². The van der Waals surface area contributed by atoms with E-state index in [1.807, 2.05) is 36.4 Å². The van der Waals surface area contributed by atoms with Gasteiger partial charge in [0.2, 0.25) is 0 Å². The summed E-state index contributed by atoms with van der Waals surface area (Å²) in [4.78, 5) is 12.8. The van der Waals surface area contributed by atoms with Crippen molar-refractivity contribution in [3.05, 3.63) is 54.1 Å². The third kappa shape index (κ3) is 8.03. The molecule has 6 heteroatoms. The van der Waals surface area contributed by atoms with Crippen molar-refractivity contribution in [2.24, 2.45) is 5.92 Å². The highest BCUT2D eigenvalue weighted by molar-refractivity contribution is 7.80. The van der Waals surface area contributed by atoms with Crippen LogP contribution >= 0.6 is 12.2 Å². The summed E-state index contributed by atoms with van der Waals surface area (Å²) < 4.78 is 11.7. The van der Waals surface area contributed by atoms with Gasteiger partial charge in [-0.25, -0.2) is 0 Å². The first-order valence-electron chi connectivity index (χ1n) is 10.6. The molecule has 0 fully saturated rings. The molecule has 2 N–H and O–H groups in total. The fraction of sp³-hybridized carbons (Fsp3) is 0.417. The Morgan fingerprint density at radius 2 is 1.67 bits per heavy atom. The Morgan fingerprint density at radius 3 is 2.40 bits per heavy atom. The van der Waals surface area contributed by atoms with Crippen molar-refractivity contribution in [1.82, 2.24) is 5.32 Å². The molecule has 0 aliphatic heterocycles. The molecule has 0 saturated carbocycles. The Balaban J connectivity index is 1.96. The average molecular weight is 429 g/mol. The average Bonchev–Trinajstić information content (AvgIpc) is 2.73. The number of benzene rings is 2. The van der Waals surface area contributed by atoms with Crippen LogP contribution in [0.5, 0.6) is 11.5 Å². The van der Waals surface area contributed by atoms with Crippen LogP contribution < -0.4 is 20.1 Å². The van der Waals surface area contributed by atoms with E-state index >= 15 is 0 Å². The van der Waals surface area contributed by atoms with Crippen molar-refractivity contribution in [1.29, 1.82) is 0 Å². The van der Waals surface area contributed by atoms with Crippen LogP contribution in [0.4, 0.5) is 5.69 Å². The molecule has 162 valence electrons. The zero-order valence-corrected chi connectivity index (χ0v) is 18.9. The number of carbonyl (C=O) groups is 1. The van der Waals surface area contributed by atoms with Crippen molar-refractivity contribution in [3.8, 4) is 11.5 Å². The van der Waals surface area contributed by atoms with Crippen LogP contribution in [0, 0.1) is 5.92 Å². The maximum atomic E-state index is 12.8. The summed E-state index contributed by atoms with van der Waals surface area (Å²) >= 11 is 5.35. The lowest BCUT2D eigenvalue weighted by molar-refractivity contribution is 0.0973. The van der Waals surface area contributed by atoms with Gasteiger partial charge in [0.25, 0.3) is 5.91 Å². The van der Waals surface area contributed by atoms with Gasteiger partial charge in [-0.15, -0.1) is 0 Å². The van der Waals surface area contributed by atoms with Crippen molar-refractivity contribution in [3.63, 3.8) is 0 Å². The largest absolute Gasteiger partial charge is 0.493 e. The maximum Gasteiger partial charge on any atom is 0.261 e. The van der Waals surface area contributed by atoms with Crippen molar-refractivity contribution in [2.45, 2.75) is 46.5 Å². The van der Waals surface area contributed by atoms with Gasteiger partial charge in [-0.1, -0.05) is 64.3 Å². The summed E-state index contributed by atoms with van der Waals surface area (Å²) in [5, 5.41) is 5.99. The van der Waals surface area contributed by atoms with E-state index in [9.17, 15) is 4.79 Å². The van der Waals surface area contributed by atoms with Gasteiger partial charge in [-0.05, 0) is 48.8 Å². The Kier molecular flexibility index (Phi) is 10.1. The molecule has 5 nitrogen and oxygen atoms in total. The van der Waals surface area contributed by atoms with Crippen LogP contribution in [0.15, 0.2) is 48.5 Å². The standard InChI is InChI=1S/C24H32N2O3S/c1-4-5-6-11-16-28-21-14-9-7-12-19(21)23(27)26-24(30)25-20-13-8-10-15-22(20)29-17-18(2)3/h7-10,12-15,18H,4-6,11,16-17H2,1-3H3,(H2,25,26,27,30). The molecule has 0 bridgehead atoms. The van der Waals surface area contributed by atoms with Gasteiger partial charge in [0.1, 0.15) is 11.5 Å². The third-order valence-corrected chi connectivity index (χ3v) is 4.53. The number of hydrogen-bond donors (Lipinski definition) is 2. The minimum absolute atomic E-state index is 0.207. The number of carbonyl (C=O) groups excluding carboxylic acids is 1. The maximum absolute atomic E-state index is 12.8. The van der Waals surface area contributed by atoms with Gasteiger partial charge >= 0.3 is 0 Å². The van der Waals surface area contributed by atoms with Gasteiger partial charge in [-0.2, -0.15) is 0 Å². The molecule has 0 aliphatic rings. The normalized spacial score (nSPS) is 10.5. The lowest BCUT2D eigenvalue weighted by Crippen LogP contribution is -2.34. The first kappa shape index (κ1) is 23.7. The van der Waals surface area contributed by atoms with E-state index in [2.05, 4.69) is 31.4 Å². The zero-order valence-electron chi connectivity index (χ0n) is 18.1. The molecule has 30 heavy (non-hydrogen) atoms. The van der Waals surface area contributed by atoms with Gasteiger partial charge < -0.3 is 14.8 Å². The molecule has 1 amide bonds. The third-order valence-electron chi connectivity index (χ3n) is 4.32. The zero-order chi connectivity index (χ0) is 21.8. The van der Waals surface area contributed by atoms with Crippen LogP contribution in [0.1, 0.15) is 56.8 Å². The number of anilines is 1. The smallest absolute Gasteiger partial charge is 0.261 e. The van der Waals surface area contributed by atoms with E-state index in [4.69, 9.17) is 21.7 Å². The Bertz CT molecular complexity index is 824. The lowest BCUT2D eigenvalue weighted by Gasteiger charge is -2.16. The number of para-hydroxylation sites is 3. The molecule has 2 aromatic carbocycles. The van der Waals surface area contributed by atoms with Gasteiger partial charge in [0.05, 0.1) is 24.5 Å². The highest BCUT2D eigenvalue weighted by Crippen LogP contribution is 2.24. The quantitative estimate of drug-likeness (QED) is 0.349. The minimum atomic E-state index is -0.308. The topological polar surface area (TPSA) is 59.6 Å². The summed E-state index contributed by atoms with van der Waals surface area (Å²) in [7, 11) is 0. The Morgan fingerprint density at radius 1 is 0.967 bits per heavy atom. The predicted molar refractivity (Wildman–Crippen MR) is 127 cm³/mol. The van der Waals surface area contributed by atoms with Gasteiger partial charge in [0.15, 0.2) is 5.11 Å². The second-order valence-corrected chi connectivity index (χ2v) is 7.92.